The molecule has 2 atom stereocenters. The molecule has 169 valence electrons. The zero-order chi connectivity index (χ0) is 20.7. The minimum absolute atomic E-state index is 0.881. The van der Waals surface area contributed by atoms with Gasteiger partial charge in [-0.1, -0.05) is 163 Å². The molecule has 0 aromatic rings. The van der Waals surface area contributed by atoms with E-state index >= 15 is 0 Å². The van der Waals surface area contributed by atoms with E-state index in [-0.39, 0.29) is 0 Å². The Bertz CT molecular complexity index is 269. The van der Waals surface area contributed by atoms with Gasteiger partial charge in [0.15, 0.2) is 0 Å². The molecular formula is C28H57. The van der Waals surface area contributed by atoms with E-state index in [4.69, 9.17) is 0 Å². The topological polar surface area (TPSA) is 0 Å². The van der Waals surface area contributed by atoms with E-state index in [0.717, 1.165) is 11.8 Å². The van der Waals surface area contributed by atoms with Crippen molar-refractivity contribution in [2.45, 2.75) is 163 Å². The second kappa shape index (κ2) is 23.3. The van der Waals surface area contributed by atoms with Crippen molar-refractivity contribution in [2.75, 3.05) is 0 Å². The van der Waals surface area contributed by atoms with Gasteiger partial charge in [0.1, 0.15) is 0 Å². The summed E-state index contributed by atoms with van der Waals surface area (Å²) in [6.45, 7) is 9.37. The van der Waals surface area contributed by atoms with Crippen LogP contribution in [0, 0.1) is 18.3 Å². The molecule has 0 bridgehead atoms. The fourth-order valence-electron chi connectivity index (χ4n) is 4.54. The van der Waals surface area contributed by atoms with Gasteiger partial charge in [0.2, 0.25) is 0 Å². The number of hydrogen-bond donors (Lipinski definition) is 0. The second-order valence-corrected chi connectivity index (χ2v) is 9.44. The van der Waals surface area contributed by atoms with Crippen LogP contribution in [0.25, 0.3) is 0 Å². The van der Waals surface area contributed by atoms with Crippen molar-refractivity contribution < 1.29 is 0 Å². The molecule has 0 heteroatoms. The Hall–Kier alpha value is 0. The lowest BCUT2D eigenvalue weighted by atomic mass is 9.83. The lowest BCUT2D eigenvalue weighted by Gasteiger charge is -2.23. The Morgan fingerprint density at radius 3 is 1.07 bits per heavy atom. The maximum absolute atomic E-state index is 2.82. The average Bonchev–Trinajstić information content (AvgIpc) is 2.71. The molecule has 0 rings (SSSR count). The predicted octanol–water partition coefficient (Wildman–Crippen LogP) is 10.7. The Balaban J connectivity index is 4.12. The molecule has 0 N–H and O–H groups in total. The molecule has 0 saturated heterocycles. The van der Waals surface area contributed by atoms with Gasteiger partial charge in [-0.3, -0.25) is 0 Å². The molecule has 0 spiro atoms. The first-order valence-electron chi connectivity index (χ1n) is 13.6. The maximum atomic E-state index is 2.82. The summed E-state index contributed by atoms with van der Waals surface area (Å²) in [5, 5.41) is 0. The van der Waals surface area contributed by atoms with E-state index in [1.807, 2.05) is 0 Å². The monoisotopic (exact) mass is 393 g/mol. The van der Waals surface area contributed by atoms with Crippen LogP contribution in [0.5, 0.6) is 0 Å². The predicted molar refractivity (Wildman–Crippen MR) is 131 cm³/mol. The third kappa shape index (κ3) is 19.3. The summed E-state index contributed by atoms with van der Waals surface area (Å²) in [5.74, 6) is 1.78. The third-order valence-electron chi connectivity index (χ3n) is 6.60. The smallest absolute Gasteiger partial charge is 0.0324 e. The minimum atomic E-state index is 0.881. The average molecular weight is 394 g/mol. The molecular weight excluding hydrogens is 336 g/mol. The fraction of sp³-hybridized carbons (Fsp3) is 0.964. The molecule has 0 aromatic carbocycles. The number of rotatable bonds is 23. The fourth-order valence-corrected chi connectivity index (χ4v) is 4.54. The SMILES string of the molecule is CCCCCCCCC([CH]C(CCCCCCC)CCCCCCCC)CC. The van der Waals surface area contributed by atoms with Gasteiger partial charge in [0, 0.05) is 0 Å². The largest absolute Gasteiger partial charge is 0.0654 e. The highest BCUT2D eigenvalue weighted by molar-refractivity contribution is 4.83. The third-order valence-corrected chi connectivity index (χ3v) is 6.60. The van der Waals surface area contributed by atoms with Gasteiger partial charge in [0.25, 0.3) is 0 Å². The van der Waals surface area contributed by atoms with Crippen molar-refractivity contribution in [3.8, 4) is 0 Å². The molecule has 0 saturated carbocycles. The summed E-state index contributed by atoms with van der Waals surface area (Å²) in [6, 6.07) is 0. The van der Waals surface area contributed by atoms with Gasteiger partial charge in [-0.15, -0.1) is 0 Å². The first kappa shape index (κ1) is 28.0. The lowest BCUT2D eigenvalue weighted by molar-refractivity contribution is 0.379. The van der Waals surface area contributed by atoms with Crippen LogP contribution >= 0.6 is 0 Å². The molecule has 2 unspecified atom stereocenters. The molecule has 0 aliphatic carbocycles. The Kier molecular flexibility index (Phi) is 23.3. The lowest BCUT2D eigenvalue weighted by Crippen LogP contribution is -2.10. The summed E-state index contributed by atoms with van der Waals surface area (Å²) in [7, 11) is 0. The van der Waals surface area contributed by atoms with Crippen LogP contribution in [0.15, 0.2) is 0 Å². The highest BCUT2D eigenvalue weighted by Crippen LogP contribution is 2.28. The summed E-state index contributed by atoms with van der Waals surface area (Å²) < 4.78 is 0. The number of hydrogen-bond acceptors (Lipinski definition) is 0. The molecule has 0 amide bonds. The van der Waals surface area contributed by atoms with Crippen LogP contribution in [0.2, 0.25) is 0 Å². The van der Waals surface area contributed by atoms with Crippen molar-refractivity contribution in [1.82, 2.24) is 0 Å². The molecule has 0 aliphatic rings. The van der Waals surface area contributed by atoms with Crippen LogP contribution in [-0.2, 0) is 0 Å². The van der Waals surface area contributed by atoms with Crippen LogP contribution in [-0.4, -0.2) is 0 Å². The van der Waals surface area contributed by atoms with Crippen molar-refractivity contribution in [3.63, 3.8) is 0 Å². The van der Waals surface area contributed by atoms with Crippen molar-refractivity contribution in [1.29, 1.82) is 0 Å². The van der Waals surface area contributed by atoms with Gasteiger partial charge in [-0.25, -0.2) is 0 Å². The van der Waals surface area contributed by atoms with E-state index < -0.39 is 0 Å². The van der Waals surface area contributed by atoms with Crippen LogP contribution < -0.4 is 0 Å². The van der Waals surface area contributed by atoms with Crippen molar-refractivity contribution >= 4 is 0 Å². The summed E-state index contributed by atoms with van der Waals surface area (Å²) in [5.41, 5.74) is 0. The van der Waals surface area contributed by atoms with Gasteiger partial charge in [0.05, 0.1) is 0 Å². The van der Waals surface area contributed by atoms with Gasteiger partial charge < -0.3 is 0 Å². The van der Waals surface area contributed by atoms with Gasteiger partial charge in [-0.2, -0.15) is 0 Å². The van der Waals surface area contributed by atoms with E-state index in [1.54, 1.807) is 0 Å². The Morgan fingerprint density at radius 1 is 0.393 bits per heavy atom. The van der Waals surface area contributed by atoms with Gasteiger partial charge in [-0.05, 0) is 18.3 Å². The minimum Gasteiger partial charge on any atom is -0.0654 e. The van der Waals surface area contributed by atoms with E-state index in [0.29, 0.717) is 0 Å². The zero-order valence-corrected chi connectivity index (χ0v) is 20.6. The normalized spacial score (nSPS) is 13.7. The highest BCUT2D eigenvalue weighted by atomic mass is 14.2. The van der Waals surface area contributed by atoms with Crippen molar-refractivity contribution in [3.05, 3.63) is 6.42 Å². The second-order valence-electron chi connectivity index (χ2n) is 9.44. The molecule has 0 aliphatic heterocycles. The molecule has 0 aromatic heterocycles. The summed E-state index contributed by atoms with van der Waals surface area (Å²) >= 11 is 0. The number of unbranched alkanes of at least 4 members (excludes halogenated alkanes) is 14. The molecule has 0 heterocycles. The quantitative estimate of drug-likeness (QED) is 0.151. The summed E-state index contributed by atoms with van der Waals surface area (Å²) in [6.07, 6.45) is 33.0. The first-order chi connectivity index (χ1) is 13.8. The van der Waals surface area contributed by atoms with Crippen LogP contribution in [0.3, 0.4) is 0 Å². The van der Waals surface area contributed by atoms with Gasteiger partial charge >= 0.3 is 0 Å². The maximum Gasteiger partial charge on any atom is -0.0324 e. The summed E-state index contributed by atoms with van der Waals surface area (Å²) in [4.78, 5) is 0. The van der Waals surface area contributed by atoms with Crippen LogP contribution in [0.4, 0.5) is 0 Å². The van der Waals surface area contributed by atoms with E-state index in [2.05, 4.69) is 34.1 Å². The van der Waals surface area contributed by atoms with Crippen LogP contribution in [0.1, 0.15) is 163 Å². The Morgan fingerprint density at radius 2 is 0.714 bits per heavy atom. The first-order valence-corrected chi connectivity index (χ1v) is 13.6. The zero-order valence-electron chi connectivity index (χ0n) is 20.6. The van der Waals surface area contributed by atoms with E-state index in [9.17, 15) is 0 Å². The molecule has 0 nitrogen and oxygen atoms in total. The standard InChI is InChI=1S/C28H57/c1-5-9-12-15-18-20-23-27(8-4)26-28(24-21-17-14-11-7-3)25-22-19-16-13-10-6-2/h26-28H,5-25H2,1-4H3. The van der Waals surface area contributed by atoms with E-state index in [1.165, 1.54) is 135 Å². The molecule has 0 fully saturated rings. The van der Waals surface area contributed by atoms with Crippen molar-refractivity contribution in [2.24, 2.45) is 11.8 Å². The Labute approximate surface area is 181 Å². The molecule has 1 radical (unpaired) electrons. The molecule has 28 heavy (non-hydrogen) atoms. The highest BCUT2D eigenvalue weighted by Gasteiger charge is 2.15.